The van der Waals surface area contributed by atoms with Crippen LogP contribution in [0.25, 0.3) is 10.9 Å². The van der Waals surface area contributed by atoms with Gasteiger partial charge in [0.25, 0.3) is 0 Å². The van der Waals surface area contributed by atoms with Crippen molar-refractivity contribution in [2.75, 3.05) is 14.2 Å². The first-order valence-corrected chi connectivity index (χ1v) is 11.3. The van der Waals surface area contributed by atoms with E-state index in [1.807, 2.05) is 6.92 Å². The molecule has 0 spiro atoms. The highest BCUT2D eigenvalue weighted by Gasteiger charge is 2.29. The Morgan fingerprint density at radius 3 is 2.12 bits per heavy atom. The standard InChI is InChI=1S/C25H21NO5S/c1-16-9-11-18(12-10-16)32(28,29)25-19-13-22(30-2)23(31-3)14-21(19)26-15-20(25)24(27)17-7-5-4-6-8-17/h4-15H,1-3H3. The number of ketones is 1. The summed E-state index contributed by atoms with van der Waals surface area (Å²) in [5.74, 6) is 0.320. The monoisotopic (exact) mass is 447 g/mol. The van der Waals surface area contributed by atoms with Gasteiger partial charge in [0.2, 0.25) is 9.84 Å². The Balaban J connectivity index is 2.08. The molecule has 0 fully saturated rings. The molecule has 3 aromatic carbocycles. The van der Waals surface area contributed by atoms with Crippen LogP contribution in [-0.4, -0.2) is 33.4 Å². The van der Waals surface area contributed by atoms with Crippen LogP contribution in [0.4, 0.5) is 0 Å². The van der Waals surface area contributed by atoms with Crippen molar-refractivity contribution in [1.82, 2.24) is 4.98 Å². The number of aryl methyl sites for hydroxylation is 1. The molecule has 7 heteroatoms. The number of ether oxygens (including phenoxy) is 2. The van der Waals surface area contributed by atoms with Gasteiger partial charge >= 0.3 is 0 Å². The van der Waals surface area contributed by atoms with E-state index in [0.717, 1.165) is 5.56 Å². The molecule has 0 aliphatic rings. The molecule has 0 bridgehead atoms. The molecule has 0 unspecified atom stereocenters. The smallest absolute Gasteiger partial charge is 0.208 e. The van der Waals surface area contributed by atoms with Crippen molar-refractivity contribution in [2.45, 2.75) is 16.7 Å². The first kappa shape index (κ1) is 21.5. The molecule has 0 saturated heterocycles. The molecule has 0 atom stereocenters. The van der Waals surface area contributed by atoms with Gasteiger partial charge in [-0.05, 0) is 25.1 Å². The summed E-state index contributed by atoms with van der Waals surface area (Å²) in [4.78, 5) is 17.7. The fraction of sp³-hybridized carbons (Fsp3) is 0.120. The number of rotatable bonds is 6. The Bertz CT molecular complexity index is 1410. The Kier molecular flexibility index (Phi) is 5.67. The van der Waals surface area contributed by atoms with Crippen LogP contribution in [0.2, 0.25) is 0 Å². The van der Waals surface area contributed by atoms with Crippen molar-refractivity contribution in [3.05, 3.63) is 89.6 Å². The lowest BCUT2D eigenvalue weighted by Gasteiger charge is -2.15. The predicted octanol–water partition coefficient (Wildman–Crippen LogP) is 4.62. The third kappa shape index (κ3) is 3.71. The summed E-state index contributed by atoms with van der Waals surface area (Å²) in [5, 5.41) is 0.282. The SMILES string of the molecule is COc1cc2ncc(C(=O)c3ccccc3)c(S(=O)(=O)c3ccc(C)cc3)c2cc1OC. The molecule has 0 aliphatic heterocycles. The first-order chi connectivity index (χ1) is 15.4. The average molecular weight is 448 g/mol. The van der Waals surface area contributed by atoms with Crippen LogP contribution in [0.5, 0.6) is 11.5 Å². The third-order valence-corrected chi connectivity index (χ3v) is 7.07. The minimum atomic E-state index is -4.07. The van der Waals surface area contributed by atoms with Crippen LogP contribution in [-0.2, 0) is 9.84 Å². The fourth-order valence-electron chi connectivity index (χ4n) is 3.53. The van der Waals surface area contributed by atoms with E-state index in [-0.39, 0.29) is 20.7 Å². The van der Waals surface area contributed by atoms with Crippen molar-refractivity contribution in [3.8, 4) is 11.5 Å². The highest BCUT2D eigenvalue weighted by Crippen LogP contribution is 2.38. The molecular weight excluding hydrogens is 426 g/mol. The molecule has 1 aromatic heterocycles. The predicted molar refractivity (Wildman–Crippen MR) is 121 cm³/mol. The van der Waals surface area contributed by atoms with Gasteiger partial charge in [0.05, 0.1) is 35.1 Å². The van der Waals surface area contributed by atoms with Gasteiger partial charge in [0, 0.05) is 23.2 Å². The Labute approximate surface area is 186 Å². The van der Waals surface area contributed by atoms with Crippen LogP contribution in [0, 0.1) is 6.92 Å². The minimum Gasteiger partial charge on any atom is -0.493 e. The zero-order chi connectivity index (χ0) is 22.9. The molecule has 1 heterocycles. The van der Waals surface area contributed by atoms with Crippen LogP contribution in [0.3, 0.4) is 0 Å². The second-order valence-corrected chi connectivity index (χ2v) is 9.12. The maximum atomic E-state index is 13.8. The van der Waals surface area contributed by atoms with Crippen molar-refractivity contribution < 1.29 is 22.7 Å². The second kappa shape index (κ2) is 8.43. The van der Waals surface area contributed by atoms with E-state index in [1.165, 1.54) is 32.5 Å². The maximum absolute atomic E-state index is 13.8. The van der Waals surface area contributed by atoms with Gasteiger partial charge in [-0.3, -0.25) is 9.78 Å². The van der Waals surface area contributed by atoms with E-state index in [1.54, 1.807) is 54.6 Å². The highest BCUT2D eigenvalue weighted by molar-refractivity contribution is 7.91. The molecule has 0 radical (unpaired) electrons. The molecule has 6 nitrogen and oxygen atoms in total. The number of aromatic nitrogens is 1. The lowest BCUT2D eigenvalue weighted by Crippen LogP contribution is -2.13. The Morgan fingerprint density at radius 2 is 1.50 bits per heavy atom. The molecule has 4 rings (SSSR count). The lowest BCUT2D eigenvalue weighted by atomic mass is 10.0. The number of hydrogen-bond acceptors (Lipinski definition) is 6. The number of pyridine rings is 1. The third-order valence-electron chi connectivity index (χ3n) is 5.20. The van der Waals surface area contributed by atoms with E-state index in [9.17, 15) is 13.2 Å². The van der Waals surface area contributed by atoms with Gasteiger partial charge in [-0.2, -0.15) is 0 Å². The molecule has 0 saturated carbocycles. The first-order valence-electron chi connectivity index (χ1n) is 9.83. The van der Waals surface area contributed by atoms with Crippen LogP contribution in [0.15, 0.2) is 82.7 Å². The zero-order valence-corrected chi connectivity index (χ0v) is 18.6. The zero-order valence-electron chi connectivity index (χ0n) is 17.8. The summed E-state index contributed by atoms with van der Waals surface area (Å²) in [6.45, 7) is 1.87. The Hall–Kier alpha value is -3.71. The lowest BCUT2D eigenvalue weighted by molar-refractivity contribution is 0.103. The fourth-order valence-corrected chi connectivity index (χ4v) is 5.14. The van der Waals surface area contributed by atoms with Gasteiger partial charge in [-0.15, -0.1) is 0 Å². The van der Waals surface area contributed by atoms with E-state index < -0.39 is 15.6 Å². The van der Waals surface area contributed by atoms with Gasteiger partial charge in [-0.1, -0.05) is 48.0 Å². The van der Waals surface area contributed by atoms with Crippen molar-refractivity contribution >= 4 is 26.5 Å². The van der Waals surface area contributed by atoms with E-state index >= 15 is 0 Å². The van der Waals surface area contributed by atoms with Crippen molar-refractivity contribution in [1.29, 1.82) is 0 Å². The summed E-state index contributed by atoms with van der Waals surface area (Å²) >= 11 is 0. The van der Waals surface area contributed by atoms with Crippen molar-refractivity contribution in [2.24, 2.45) is 0 Å². The molecule has 4 aromatic rings. The largest absolute Gasteiger partial charge is 0.493 e. The molecule has 32 heavy (non-hydrogen) atoms. The van der Waals surface area contributed by atoms with E-state index in [2.05, 4.69) is 4.98 Å². The molecule has 162 valence electrons. The van der Waals surface area contributed by atoms with Gasteiger partial charge in [0.15, 0.2) is 17.3 Å². The number of hydrogen-bond donors (Lipinski definition) is 0. The van der Waals surface area contributed by atoms with Crippen molar-refractivity contribution in [3.63, 3.8) is 0 Å². The van der Waals surface area contributed by atoms with E-state index in [0.29, 0.717) is 22.6 Å². The average Bonchev–Trinajstić information content (AvgIpc) is 2.82. The number of methoxy groups -OCH3 is 2. The summed E-state index contributed by atoms with van der Waals surface area (Å²) in [6.07, 6.45) is 1.31. The number of carbonyl (C=O) groups is 1. The normalized spacial score (nSPS) is 11.3. The van der Waals surface area contributed by atoms with Crippen LogP contribution < -0.4 is 9.47 Å². The molecular formula is C25H21NO5S. The van der Waals surface area contributed by atoms with Gasteiger partial charge in [0.1, 0.15) is 0 Å². The summed E-state index contributed by atoms with van der Waals surface area (Å²) in [5.41, 5.74) is 1.67. The van der Waals surface area contributed by atoms with Crippen LogP contribution in [0.1, 0.15) is 21.5 Å². The number of nitrogens with zero attached hydrogens (tertiary/aromatic N) is 1. The summed E-state index contributed by atoms with van der Waals surface area (Å²) < 4.78 is 38.4. The minimum absolute atomic E-state index is 0.00325. The van der Waals surface area contributed by atoms with Gasteiger partial charge in [-0.25, -0.2) is 8.42 Å². The molecule has 0 aliphatic carbocycles. The number of sulfone groups is 1. The second-order valence-electron chi connectivity index (χ2n) is 7.24. The molecule has 0 amide bonds. The number of fused-ring (bicyclic) bond motifs is 1. The highest BCUT2D eigenvalue weighted by atomic mass is 32.2. The van der Waals surface area contributed by atoms with E-state index in [4.69, 9.17) is 9.47 Å². The summed E-state index contributed by atoms with van der Waals surface area (Å²) in [7, 11) is -1.12. The van der Waals surface area contributed by atoms with Gasteiger partial charge < -0.3 is 9.47 Å². The Morgan fingerprint density at radius 1 is 0.875 bits per heavy atom. The number of benzene rings is 3. The maximum Gasteiger partial charge on any atom is 0.208 e. The van der Waals surface area contributed by atoms with Crippen LogP contribution >= 0.6 is 0 Å². The summed E-state index contributed by atoms with van der Waals surface area (Å²) in [6, 6.07) is 18.2. The molecule has 0 N–H and O–H groups in total. The number of carbonyl (C=O) groups excluding carboxylic acids is 1. The topological polar surface area (TPSA) is 82.6 Å². The quantitative estimate of drug-likeness (QED) is 0.401.